The standard InChI is InChI=1S/C7H8N2O3S/c1-3-2-7(5(11)12-3)4(10)9-6(8)13-7/h3H,2H2,1H3,(H2,8,9,10). The summed E-state index contributed by atoms with van der Waals surface area (Å²) in [5.41, 5.74) is 5.37. The molecule has 0 aromatic heterocycles. The Morgan fingerprint density at radius 1 is 1.69 bits per heavy atom. The first kappa shape index (κ1) is 8.55. The molecule has 5 nitrogen and oxygen atoms in total. The lowest BCUT2D eigenvalue weighted by molar-refractivity contribution is -0.144. The van der Waals surface area contributed by atoms with Crippen molar-refractivity contribution in [2.75, 3.05) is 0 Å². The van der Waals surface area contributed by atoms with E-state index >= 15 is 0 Å². The summed E-state index contributed by atoms with van der Waals surface area (Å²) < 4.78 is 3.74. The maximum atomic E-state index is 11.4. The van der Waals surface area contributed by atoms with Crippen molar-refractivity contribution in [3.63, 3.8) is 0 Å². The molecule has 1 saturated heterocycles. The Hall–Kier alpha value is -1.04. The summed E-state index contributed by atoms with van der Waals surface area (Å²) in [4.78, 5) is 26.3. The lowest BCUT2D eigenvalue weighted by Gasteiger charge is -2.11. The number of esters is 1. The molecule has 2 N–H and O–H groups in total. The van der Waals surface area contributed by atoms with E-state index < -0.39 is 16.6 Å². The molecule has 2 unspecified atom stereocenters. The first-order valence-corrected chi connectivity index (χ1v) is 4.65. The zero-order valence-electron chi connectivity index (χ0n) is 6.94. The molecule has 1 amide bonds. The molecular weight excluding hydrogens is 192 g/mol. The van der Waals surface area contributed by atoms with Crippen molar-refractivity contribution >= 4 is 28.8 Å². The monoisotopic (exact) mass is 200 g/mol. The molecule has 0 radical (unpaired) electrons. The number of aliphatic imine (C=N–C) groups is 1. The Labute approximate surface area is 78.7 Å². The van der Waals surface area contributed by atoms with Gasteiger partial charge in [0.1, 0.15) is 6.10 Å². The van der Waals surface area contributed by atoms with Crippen molar-refractivity contribution in [2.24, 2.45) is 10.7 Å². The van der Waals surface area contributed by atoms with E-state index in [1.807, 2.05) is 0 Å². The fourth-order valence-corrected chi connectivity index (χ4v) is 2.57. The number of cyclic esters (lactones) is 1. The zero-order valence-corrected chi connectivity index (χ0v) is 7.76. The molecule has 6 heteroatoms. The van der Waals surface area contributed by atoms with E-state index in [4.69, 9.17) is 10.5 Å². The van der Waals surface area contributed by atoms with Gasteiger partial charge in [-0.3, -0.25) is 4.79 Å². The number of carbonyl (C=O) groups excluding carboxylic acids is 2. The fourth-order valence-electron chi connectivity index (χ4n) is 1.50. The van der Waals surface area contributed by atoms with Crippen LogP contribution in [0.5, 0.6) is 0 Å². The van der Waals surface area contributed by atoms with E-state index in [1.165, 1.54) is 0 Å². The lowest BCUT2D eigenvalue weighted by atomic mass is 10.0. The van der Waals surface area contributed by atoms with Gasteiger partial charge < -0.3 is 10.5 Å². The molecule has 0 aromatic rings. The first-order chi connectivity index (χ1) is 6.04. The number of nitrogens with two attached hydrogens (primary N) is 1. The van der Waals surface area contributed by atoms with Gasteiger partial charge in [0.25, 0.3) is 5.91 Å². The third-order valence-electron chi connectivity index (χ3n) is 2.05. The van der Waals surface area contributed by atoms with Gasteiger partial charge in [-0.05, 0) is 6.92 Å². The van der Waals surface area contributed by atoms with Crippen LogP contribution in [0, 0.1) is 0 Å². The Kier molecular flexibility index (Phi) is 1.63. The van der Waals surface area contributed by atoms with Gasteiger partial charge in [0, 0.05) is 6.42 Å². The molecule has 0 bridgehead atoms. The number of nitrogens with zero attached hydrogens (tertiary/aromatic N) is 1. The molecule has 0 aromatic carbocycles. The normalized spacial score (nSPS) is 38.2. The van der Waals surface area contributed by atoms with Gasteiger partial charge >= 0.3 is 5.97 Å². The number of amides is 1. The quantitative estimate of drug-likeness (QED) is 0.427. The number of ether oxygens (including phenoxy) is 1. The summed E-state index contributed by atoms with van der Waals surface area (Å²) in [6.07, 6.45) is 0.129. The van der Waals surface area contributed by atoms with Crippen LogP contribution in [0.15, 0.2) is 4.99 Å². The molecular formula is C7H8N2O3S. The molecule has 2 rings (SSSR count). The van der Waals surface area contributed by atoms with Crippen LogP contribution in [0.25, 0.3) is 0 Å². The summed E-state index contributed by atoms with van der Waals surface area (Å²) in [5, 5.41) is 0.149. The van der Waals surface area contributed by atoms with Gasteiger partial charge in [-0.15, -0.1) is 0 Å². The average Bonchev–Trinajstić information content (AvgIpc) is 2.40. The maximum Gasteiger partial charge on any atom is 0.332 e. The summed E-state index contributed by atoms with van der Waals surface area (Å²) >= 11 is 0.999. The SMILES string of the molecule is CC1CC2(SC(N)=NC2=O)C(=O)O1. The number of carbonyl (C=O) groups is 2. The third kappa shape index (κ3) is 1.05. The van der Waals surface area contributed by atoms with Crippen molar-refractivity contribution in [3.8, 4) is 0 Å². The van der Waals surface area contributed by atoms with E-state index in [-0.39, 0.29) is 11.3 Å². The Morgan fingerprint density at radius 3 is 2.77 bits per heavy atom. The van der Waals surface area contributed by atoms with Crippen molar-refractivity contribution in [2.45, 2.75) is 24.2 Å². The third-order valence-corrected chi connectivity index (χ3v) is 3.21. The van der Waals surface area contributed by atoms with Crippen LogP contribution in [-0.4, -0.2) is 27.9 Å². The lowest BCUT2D eigenvalue weighted by Crippen LogP contribution is -2.36. The maximum absolute atomic E-state index is 11.4. The second-order valence-electron chi connectivity index (χ2n) is 3.10. The number of amidine groups is 1. The molecule has 2 heterocycles. The predicted octanol–water partition coefficient (Wildman–Crippen LogP) is -0.351. The second kappa shape index (κ2) is 2.47. The van der Waals surface area contributed by atoms with Crippen LogP contribution >= 0.6 is 11.8 Å². The Bertz CT molecular complexity index is 328. The highest BCUT2D eigenvalue weighted by molar-refractivity contribution is 8.16. The van der Waals surface area contributed by atoms with E-state index in [9.17, 15) is 9.59 Å². The summed E-state index contributed by atoms with van der Waals surface area (Å²) in [5.74, 6) is -0.997. The van der Waals surface area contributed by atoms with Crippen LogP contribution in [0.4, 0.5) is 0 Å². The van der Waals surface area contributed by atoms with Gasteiger partial charge in [0.05, 0.1) is 0 Å². The molecule has 0 saturated carbocycles. The number of hydrogen-bond acceptors (Lipinski definition) is 5. The molecule has 2 aliphatic heterocycles. The van der Waals surface area contributed by atoms with Crippen LogP contribution < -0.4 is 5.73 Å². The van der Waals surface area contributed by atoms with Crippen molar-refractivity contribution in [1.82, 2.24) is 0 Å². The highest BCUT2D eigenvalue weighted by Crippen LogP contribution is 2.42. The van der Waals surface area contributed by atoms with Crippen molar-refractivity contribution in [1.29, 1.82) is 0 Å². The highest BCUT2D eigenvalue weighted by atomic mass is 32.2. The van der Waals surface area contributed by atoms with Crippen LogP contribution in [0.3, 0.4) is 0 Å². The van der Waals surface area contributed by atoms with Gasteiger partial charge in [-0.2, -0.15) is 4.99 Å². The average molecular weight is 200 g/mol. The van der Waals surface area contributed by atoms with Crippen molar-refractivity contribution in [3.05, 3.63) is 0 Å². The zero-order chi connectivity index (χ0) is 9.64. The molecule has 2 aliphatic rings. The van der Waals surface area contributed by atoms with E-state index in [0.717, 1.165) is 11.8 Å². The van der Waals surface area contributed by atoms with E-state index in [0.29, 0.717) is 6.42 Å². The van der Waals surface area contributed by atoms with Crippen LogP contribution in [-0.2, 0) is 14.3 Å². The minimum absolute atomic E-state index is 0.149. The summed E-state index contributed by atoms with van der Waals surface area (Å²) in [6, 6.07) is 0. The molecule has 2 atom stereocenters. The summed E-state index contributed by atoms with van der Waals surface area (Å²) in [7, 11) is 0. The van der Waals surface area contributed by atoms with Gasteiger partial charge in [0.2, 0.25) is 4.75 Å². The Morgan fingerprint density at radius 2 is 2.38 bits per heavy atom. The second-order valence-corrected chi connectivity index (χ2v) is 4.42. The highest BCUT2D eigenvalue weighted by Gasteiger charge is 2.58. The molecule has 1 spiro atoms. The molecule has 70 valence electrons. The minimum Gasteiger partial charge on any atom is -0.461 e. The predicted molar refractivity (Wildman–Crippen MR) is 47.1 cm³/mol. The number of rotatable bonds is 0. The smallest absolute Gasteiger partial charge is 0.332 e. The topological polar surface area (TPSA) is 81.8 Å². The van der Waals surface area contributed by atoms with E-state index in [1.54, 1.807) is 6.92 Å². The summed E-state index contributed by atoms with van der Waals surface area (Å²) in [6.45, 7) is 1.75. The van der Waals surface area contributed by atoms with Crippen LogP contribution in [0.1, 0.15) is 13.3 Å². The largest absolute Gasteiger partial charge is 0.461 e. The molecule has 0 aliphatic carbocycles. The molecule has 1 fully saturated rings. The van der Waals surface area contributed by atoms with Crippen LogP contribution in [0.2, 0.25) is 0 Å². The number of hydrogen-bond donors (Lipinski definition) is 1. The molecule has 13 heavy (non-hydrogen) atoms. The van der Waals surface area contributed by atoms with Crippen molar-refractivity contribution < 1.29 is 14.3 Å². The van der Waals surface area contributed by atoms with Gasteiger partial charge in [-0.25, -0.2) is 4.79 Å². The number of thioether (sulfide) groups is 1. The van der Waals surface area contributed by atoms with Gasteiger partial charge in [0.15, 0.2) is 5.17 Å². The van der Waals surface area contributed by atoms with Gasteiger partial charge in [-0.1, -0.05) is 11.8 Å². The first-order valence-electron chi connectivity index (χ1n) is 3.83. The van der Waals surface area contributed by atoms with E-state index in [2.05, 4.69) is 4.99 Å². The fraction of sp³-hybridized carbons (Fsp3) is 0.571. The minimum atomic E-state index is -1.16. The Balaban J connectivity index is 2.34.